The van der Waals surface area contributed by atoms with Gasteiger partial charge in [-0.1, -0.05) is 0 Å². The summed E-state index contributed by atoms with van der Waals surface area (Å²) in [5.74, 6) is 0.281. The van der Waals surface area contributed by atoms with Crippen molar-refractivity contribution >= 4 is 52.2 Å². The molecule has 0 aliphatic rings. The minimum Gasteiger partial charge on any atom is -0.755 e. The number of nitro groups is 1. The van der Waals surface area contributed by atoms with Crippen LogP contribution in [0.25, 0.3) is 0 Å². The third-order valence-electron chi connectivity index (χ3n) is 1.59. The first-order valence-corrected chi connectivity index (χ1v) is 4.80. The maximum absolute atomic E-state index is 10.6. The Morgan fingerprint density at radius 3 is 2.56 bits per heavy atom. The van der Waals surface area contributed by atoms with Gasteiger partial charge in [-0.25, -0.2) is 0 Å². The Labute approximate surface area is 116 Å². The molecule has 1 N–H and O–H groups in total. The Kier molecular flexibility index (Phi) is 6.53. The fraction of sp³-hybridized carbons (Fsp3) is 0.143. The maximum atomic E-state index is 10.6. The van der Waals surface area contributed by atoms with E-state index in [0.29, 0.717) is 0 Å². The Balaban J connectivity index is 0.00000225. The summed E-state index contributed by atoms with van der Waals surface area (Å²) in [5.41, 5.74) is -0.465. The Morgan fingerprint density at radius 1 is 1.50 bits per heavy atom. The number of hydrogen-bond donors (Lipinski definition) is 1. The number of rotatable bonds is 4. The second kappa shape index (κ2) is 6.81. The minimum atomic E-state index is -2.60. The van der Waals surface area contributed by atoms with Crippen LogP contribution in [0, 0.1) is 10.1 Å². The number of anilines is 1. The van der Waals surface area contributed by atoms with Gasteiger partial charge >= 0.3 is 0 Å². The summed E-state index contributed by atoms with van der Waals surface area (Å²) in [7, 11) is 1.36. The molecule has 0 aliphatic heterocycles. The van der Waals surface area contributed by atoms with E-state index in [4.69, 9.17) is 4.74 Å². The molecule has 0 aromatic heterocycles. The molecule has 0 saturated carbocycles. The van der Waals surface area contributed by atoms with Crippen LogP contribution in [0.2, 0.25) is 0 Å². The third-order valence-corrected chi connectivity index (χ3v) is 1.98. The van der Waals surface area contributed by atoms with Crippen LogP contribution in [-0.4, -0.2) is 50.4 Å². The van der Waals surface area contributed by atoms with E-state index in [-0.39, 0.29) is 46.7 Å². The molecule has 7 nitrogen and oxygen atoms in total. The molecule has 0 bridgehead atoms. The number of hydrogen-bond acceptors (Lipinski definition) is 5. The van der Waals surface area contributed by atoms with Gasteiger partial charge in [0.15, 0.2) is 0 Å². The van der Waals surface area contributed by atoms with Crippen molar-refractivity contribution in [3.63, 3.8) is 0 Å². The first-order valence-electron chi connectivity index (χ1n) is 3.73. The van der Waals surface area contributed by atoms with Crippen molar-refractivity contribution in [1.29, 1.82) is 0 Å². The molecule has 1 aromatic carbocycles. The molecule has 0 fully saturated rings. The standard InChI is InChI=1S/C7H8N2O5S.Na/c1-14-5-2-3-6(8-15(12)13)7(4-5)9(10)11;/h2-4,8H,1H3,(H,12,13);/p-1. The van der Waals surface area contributed by atoms with Crippen molar-refractivity contribution in [1.82, 2.24) is 0 Å². The average molecular weight is 254 g/mol. The van der Waals surface area contributed by atoms with E-state index in [1.54, 1.807) is 0 Å². The van der Waals surface area contributed by atoms with E-state index in [0.717, 1.165) is 6.07 Å². The molecule has 1 rings (SSSR count). The second-order valence-corrected chi connectivity index (χ2v) is 3.15. The van der Waals surface area contributed by atoms with Crippen LogP contribution in [0.1, 0.15) is 0 Å². The quantitative estimate of drug-likeness (QED) is 0.363. The van der Waals surface area contributed by atoms with Crippen molar-refractivity contribution in [3.8, 4) is 5.75 Å². The smallest absolute Gasteiger partial charge is 0.296 e. The minimum absolute atomic E-state index is 0. The van der Waals surface area contributed by atoms with Crippen molar-refractivity contribution in [2.24, 2.45) is 0 Å². The van der Waals surface area contributed by atoms with Crippen molar-refractivity contribution in [3.05, 3.63) is 28.3 Å². The van der Waals surface area contributed by atoms with E-state index in [2.05, 4.69) is 0 Å². The normalized spacial score (nSPS) is 11.1. The zero-order valence-corrected chi connectivity index (χ0v) is 11.4. The molecule has 1 radical (unpaired) electrons. The van der Waals surface area contributed by atoms with Gasteiger partial charge in [-0.2, -0.15) is 0 Å². The Morgan fingerprint density at radius 2 is 2.12 bits per heavy atom. The van der Waals surface area contributed by atoms with E-state index >= 15 is 0 Å². The Bertz CT molecular complexity index is 414. The summed E-state index contributed by atoms with van der Waals surface area (Å²) >= 11 is -2.60. The zero-order chi connectivity index (χ0) is 11.4. The molecule has 0 spiro atoms. The van der Waals surface area contributed by atoms with Crippen LogP contribution >= 0.6 is 0 Å². The van der Waals surface area contributed by atoms with E-state index < -0.39 is 16.2 Å². The molecule has 1 atom stereocenters. The van der Waals surface area contributed by atoms with Crippen LogP contribution in [0.3, 0.4) is 0 Å². The van der Waals surface area contributed by atoms with Crippen molar-refractivity contribution in [2.75, 3.05) is 11.8 Å². The fourth-order valence-corrected chi connectivity index (χ4v) is 1.32. The number of benzene rings is 1. The monoisotopic (exact) mass is 254 g/mol. The van der Waals surface area contributed by atoms with E-state index in [1.807, 2.05) is 4.72 Å². The second-order valence-electron chi connectivity index (χ2n) is 2.48. The Hall–Kier alpha value is -0.670. The van der Waals surface area contributed by atoms with Gasteiger partial charge in [0.05, 0.1) is 18.1 Å². The van der Waals surface area contributed by atoms with Crippen LogP contribution in [0.15, 0.2) is 18.2 Å². The van der Waals surface area contributed by atoms with Gasteiger partial charge in [-0.05, 0) is 12.1 Å². The zero-order valence-electron chi connectivity index (χ0n) is 8.63. The van der Waals surface area contributed by atoms with Crippen molar-refractivity contribution in [2.45, 2.75) is 0 Å². The SMILES string of the molecule is COc1ccc(NS(=O)[O-])c([N+](=O)[O-])c1.[Na]. The molecular weight excluding hydrogens is 247 g/mol. The molecular formula is C7H7N2NaO5S-. The summed E-state index contributed by atoms with van der Waals surface area (Å²) in [6.07, 6.45) is 0. The van der Waals surface area contributed by atoms with Crippen LogP contribution < -0.4 is 9.46 Å². The van der Waals surface area contributed by atoms with Gasteiger partial charge in [-0.15, -0.1) is 0 Å². The number of nitro benzene ring substituents is 1. The first kappa shape index (κ1) is 15.3. The predicted molar refractivity (Wildman–Crippen MR) is 57.9 cm³/mol. The van der Waals surface area contributed by atoms with Crippen LogP contribution in [0.5, 0.6) is 5.75 Å². The predicted octanol–water partition coefficient (Wildman–Crippen LogP) is 0.429. The summed E-state index contributed by atoms with van der Waals surface area (Å²) in [4.78, 5) is 9.88. The molecule has 1 aromatic rings. The molecule has 0 aliphatic carbocycles. The topological polar surface area (TPSA) is 105 Å². The fourth-order valence-electron chi connectivity index (χ4n) is 0.966. The molecule has 9 heteroatoms. The summed E-state index contributed by atoms with van der Waals surface area (Å²) in [6.45, 7) is 0. The van der Waals surface area contributed by atoms with Gasteiger partial charge in [0, 0.05) is 40.8 Å². The maximum Gasteiger partial charge on any atom is 0.296 e. The molecule has 0 saturated heterocycles. The van der Waals surface area contributed by atoms with Gasteiger partial charge in [0.1, 0.15) is 11.4 Å². The van der Waals surface area contributed by atoms with Gasteiger partial charge in [0.25, 0.3) is 5.69 Å². The first-order chi connectivity index (χ1) is 7.04. The number of nitrogens with zero attached hydrogens (tertiary/aromatic N) is 1. The van der Waals surface area contributed by atoms with Crippen LogP contribution in [-0.2, 0) is 11.3 Å². The van der Waals surface area contributed by atoms with Gasteiger partial charge in [0.2, 0.25) is 0 Å². The van der Waals surface area contributed by atoms with Gasteiger partial charge in [-0.3, -0.25) is 14.3 Å². The summed E-state index contributed by atoms with van der Waals surface area (Å²) < 4.78 is 27.4. The summed E-state index contributed by atoms with van der Waals surface area (Å²) in [5, 5.41) is 10.6. The number of methoxy groups -OCH3 is 1. The largest absolute Gasteiger partial charge is 0.755 e. The van der Waals surface area contributed by atoms with Crippen molar-refractivity contribution < 1.29 is 18.4 Å². The van der Waals surface area contributed by atoms with E-state index in [9.17, 15) is 18.9 Å². The van der Waals surface area contributed by atoms with Gasteiger partial charge < -0.3 is 14.0 Å². The molecule has 16 heavy (non-hydrogen) atoms. The van der Waals surface area contributed by atoms with Crippen LogP contribution in [0.4, 0.5) is 11.4 Å². The molecule has 0 amide bonds. The molecule has 1 unspecified atom stereocenters. The molecule has 83 valence electrons. The molecule has 0 heterocycles. The van der Waals surface area contributed by atoms with E-state index in [1.165, 1.54) is 19.2 Å². The number of ether oxygens (including phenoxy) is 1. The summed E-state index contributed by atoms with van der Waals surface area (Å²) in [6, 6.07) is 3.81. The average Bonchev–Trinajstić information content (AvgIpc) is 2.17. The third kappa shape index (κ3) is 4.06. The number of nitrogens with one attached hydrogen (secondary N) is 1.